The summed E-state index contributed by atoms with van der Waals surface area (Å²) >= 11 is 3.61. The average molecular weight is 826 g/mol. The van der Waals surface area contributed by atoms with E-state index in [2.05, 4.69) is 215 Å². The molecule has 5 heteroatoms. The van der Waals surface area contributed by atoms with Gasteiger partial charge in [-0.25, -0.2) is 4.98 Å². The van der Waals surface area contributed by atoms with E-state index in [0.29, 0.717) is 0 Å². The van der Waals surface area contributed by atoms with E-state index >= 15 is 0 Å². The van der Waals surface area contributed by atoms with Gasteiger partial charge in [0.25, 0.3) is 0 Å². The van der Waals surface area contributed by atoms with Gasteiger partial charge in [0.1, 0.15) is 4.83 Å². The van der Waals surface area contributed by atoms with Crippen LogP contribution in [0.15, 0.2) is 212 Å². The first-order valence-corrected chi connectivity index (χ1v) is 22.6. The normalized spacial score (nSPS) is 11.9. The molecular weight excluding hydrogens is 791 g/mol. The Hall–Kier alpha value is -7.57. The number of aromatic nitrogens is 1. The summed E-state index contributed by atoms with van der Waals surface area (Å²) < 4.78 is 3.83. The largest absolute Gasteiger partial charge is 0.310 e. The summed E-state index contributed by atoms with van der Waals surface area (Å²) in [5, 5.41) is 14.8. The lowest BCUT2D eigenvalue weighted by Crippen LogP contribution is -2.10. The molecule has 0 amide bonds. The number of rotatable bonds is 6. The molecule has 0 spiro atoms. The lowest BCUT2D eigenvalue weighted by Gasteiger charge is -2.28. The van der Waals surface area contributed by atoms with Crippen molar-refractivity contribution in [2.75, 3.05) is 9.80 Å². The van der Waals surface area contributed by atoms with Crippen molar-refractivity contribution in [3.8, 4) is 0 Å². The minimum absolute atomic E-state index is 1.06. The second kappa shape index (κ2) is 14.0. The minimum atomic E-state index is 1.06. The Kier molecular flexibility index (Phi) is 7.95. The second-order valence-electron chi connectivity index (χ2n) is 16.0. The van der Waals surface area contributed by atoms with Crippen molar-refractivity contribution < 1.29 is 0 Å². The van der Waals surface area contributed by atoms with Crippen molar-refractivity contribution in [2.24, 2.45) is 0 Å². The molecular formula is C57H35N3S2. The van der Waals surface area contributed by atoms with Crippen LogP contribution in [0.1, 0.15) is 0 Å². The van der Waals surface area contributed by atoms with E-state index in [1.54, 1.807) is 11.3 Å². The van der Waals surface area contributed by atoms with Gasteiger partial charge in [0.05, 0.1) is 11.4 Å². The third-order valence-corrected chi connectivity index (χ3v) is 14.7. The summed E-state index contributed by atoms with van der Waals surface area (Å²) in [4.78, 5) is 10.6. The van der Waals surface area contributed by atoms with Gasteiger partial charge >= 0.3 is 0 Å². The van der Waals surface area contributed by atoms with Crippen molar-refractivity contribution in [2.45, 2.75) is 0 Å². The Labute approximate surface area is 365 Å². The maximum absolute atomic E-state index is 4.69. The van der Waals surface area contributed by atoms with Crippen LogP contribution in [0.25, 0.3) is 83.6 Å². The lowest BCUT2D eigenvalue weighted by atomic mass is 9.99. The first-order valence-electron chi connectivity index (χ1n) is 20.9. The Bertz CT molecular complexity index is 3650. The lowest BCUT2D eigenvalue weighted by molar-refractivity contribution is 1.31. The molecule has 3 nitrogen and oxygen atoms in total. The third-order valence-electron chi connectivity index (χ3n) is 12.4. The molecule has 3 heterocycles. The van der Waals surface area contributed by atoms with Gasteiger partial charge in [-0.2, -0.15) is 0 Å². The summed E-state index contributed by atoms with van der Waals surface area (Å²) in [5.41, 5.74) is 6.80. The zero-order chi connectivity index (χ0) is 40.7. The number of benzene rings is 10. The predicted octanol–water partition coefficient (Wildman–Crippen LogP) is 17.4. The van der Waals surface area contributed by atoms with E-state index in [4.69, 9.17) is 0 Å². The quantitative estimate of drug-likeness (QED) is 0.156. The van der Waals surface area contributed by atoms with Gasteiger partial charge in [-0.1, -0.05) is 127 Å². The Morgan fingerprint density at radius 2 is 0.742 bits per heavy atom. The summed E-state index contributed by atoms with van der Waals surface area (Å²) in [6.07, 6.45) is 1.88. The summed E-state index contributed by atoms with van der Waals surface area (Å²) in [7, 11) is 0. The molecule has 3 aromatic heterocycles. The maximum atomic E-state index is 4.69. The van der Waals surface area contributed by atoms with E-state index in [-0.39, 0.29) is 0 Å². The number of hydrogen-bond donors (Lipinski definition) is 0. The smallest absolute Gasteiger partial charge is 0.124 e. The molecule has 10 aromatic carbocycles. The van der Waals surface area contributed by atoms with E-state index < -0.39 is 0 Å². The minimum Gasteiger partial charge on any atom is -0.310 e. The molecule has 0 atom stereocenters. The van der Waals surface area contributed by atoms with Crippen LogP contribution in [0.2, 0.25) is 0 Å². The Balaban J connectivity index is 0.961. The van der Waals surface area contributed by atoms with Crippen LogP contribution in [0.5, 0.6) is 0 Å². The van der Waals surface area contributed by atoms with E-state index in [0.717, 1.165) is 39.0 Å². The fraction of sp³-hybridized carbons (Fsp3) is 0. The standard InChI is InChI=1S/C57H35N3S2/c1-3-14-46-36(10-1)12-7-18-52(46)59(42-25-29-49-48-16-5-6-20-54(48)61-55(49)34-42)40-23-27-44-38(32-40)21-22-39-33-41(24-28-45(39)44)60(53-19-8-13-37-11-2-4-15-47(37)53)43-26-30-50-51-17-9-31-58-57(51)62-56(50)35-43/h1-35H. The molecule has 0 radical (unpaired) electrons. The van der Waals surface area contributed by atoms with Crippen molar-refractivity contribution in [1.29, 1.82) is 0 Å². The van der Waals surface area contributed by atoms with Crippen LogP contribution in [0.4, 0.5) is 34.1 Å². The average Bonchev–Trinajstić information content (AvgIpc) is 3.89. The summed E-state index contributed by atoms with van der Waals surface area (Å²) in [6, 6.07) is 75.8. The summed E-state index contributed by atoms with van der Waals surface area (Å²) in [5.74, 6) is 0. The highest BCUT2D eigenvalue weighted by molar-refractivity contribution is 7.26. The molecule has 13 rings (SSSR count). The topological polar surface area (TPSA) is 19.4 Å². The van der Waals surface area contributed by atoms with Gasteiger partial charge in [-0.15, -0.1) is 22.7 Å². The number of nitrogens with zero attached hydrogens (tertiary/aromatic N) is 3. The monoisotopic (exact) mass is 825 g/mol. The number of pyridine rings is 1. The zero-order valence-electron chi connectivity index (χ0n) is 33.4. The molecule has 290 valence electrons. The van der Waals surface area contributed by atoms with Crippen molar-refractivity contribution in [3.05, 3.63) is 212 Å². The molecule has 0 aliphatic carbocycles. The van der Waals surface area contributed by atoms with Crippen molar-refractivity contribution in [1.82, 2.24) is 4.98 Å². The van der Waals surface area contributed by atoms with Gasteiger partial charge in [0.15, 0.2) is 0 Å². The second-order valence-corrected chi connectivity index (χ2v) is 18.1. The van der Waals surface area contributed by atoms with E-state index in [1.165, 1.54) is 78.7 Å². The first kappa shape index (κ1) is 35.2. The van der Waals surface area contributed by atoms with Crippen LogP contribution in [0.3, 0.4) is 0 Å². The maximum Gasteiger partial charge on any atom is 0.124 e. The highest BCUT2D eigenvalue weighted by Gasteiger charge is 2.20. The fourth-order valence-electron chi connectivity index (χ4n) is 9.58. The number of hydrogen-bond acceptors (Lipinski definition) is 5. The van der Waals surface area contributed by atoms with E-state index in [1.807, 2.05) is 23.6 Å². The molecule has 13 aromatic rings. The number of fused-ring (bicyclic) bond motifs is 11. The Morgan fingerprint density at radius 3 is 1.35 bits per heavy atom. The van der Waals surface area contributed by atoms with Gasteiger partial charge in [0.2, 0.25) is 0 Å². The van der Waals surface area contributed by atoms with Crippen LogP contribution in [0, 0.1) is 0 Å². The molecule has 0 bridgehead atoms. The van der Waals surface area contributed by atoms with E-state index in [9.17, 15) is 0 Å². The SMILES string of the molecule is c1ccc2c(N(c3ccc4c(ccc5cc(N(c6ccc7c(c6)sc6ncccc67)c6cccc7ccccc67)ccc54)c3)c3ccc4c(c3)sc3ccccc34)cccc2c1. The van der Waals surface area contributed by atoms with Crippen LogP contribution in [-0.2, 0) is 0 Å². The molecule has 0 aliphatic heterocycles. The van der Waals surface area contributed by atoms with Gasteiger partial charge < -0.3 is 9.80 Å². The van der Waals surface area contributed by atoms with Crippen LogP contribution in [-0.4, -0.2) is 4.98 Å². The number of thiophene rings is 2. The third kappa shape index (κ3) is 5.60. The van der Waals surface area contributed by atoms with Crippen LogP contribution >= 0.6 is 22.7 Å². The van der Waals surface area contributed by atoms with Crippen molar-refractivity contribution in [3.63, 3.8) is 0 Å². The summed E-state index contributed by atoms with van der Waals surface area (Å²) in [6.45, 7) is 0. The van der Waals surface area contributed by atoms with Gasteiger partial charge in [-0.05, 0) is 111 Å². The fourth-order valence-corrected chi connectivity index (χ4v) is 11.8. The molecule has 0 saturated carbocycles. The Morgan fingerprint density at radius 1 is 0.290 bits per heavy atom. The van der Waals surface area contributed by atoms with Gasteiger partial charge in [0, 0.05) is 75.4 Å². The highest BCUT2D eigenvalue weighted by atomic mass is 32.1. The molecule has 0 fully saturated rings. The van der Waals surface area contributed by atoms with Gasteiger partial charge in [-0.3, -0.25) is 0 Å². The molecule has 0 aliphatic rings. The highest BCUT2D eigenvalue weighted by Crippen LogP contribution is 2.46. The number of anilines is 6. The van der Waals surface area contributed by atoms with Crippen LogP contribution < -0.4 is 9.80 Å². The molecule has 0 N–H and O–H groups in total. The molecule has 0 saturated heterocycles. The molecule has 62 heavy (non-hydrogen) atoms. The predicted molar refractivity (Wildman–Crippen MR) is 269 cm³/mol. The first-order chi connectivity index (χ1) is 30.7. The zero-order valence-corrected chi connectivity index (χ0v) is 35.0. The van der Waals surface area contributed by atoms with Crippen molar-refractivity contribution >= 4 is 140 Å². The molecule has 0 unspecified atom stereocenters.